The van der Waals surface area contributed by atoms with Crippen LogP contribution in [0.4, 0.5) is 0 Å². The Morgan fingerprint density at radius 1 is 1.17 bits per heavy atom. The minimum atomic E-state index is 0.633. The van der Waals surface area contributed by atoms with Crippen molar-refractivity contribution in [3.05, 3.63) is 47.8 Å². The summed E-state index contributed by atoms with van der Waals surface area (Å²) < 4.78 is 2.12. The van der Waals surface area contributed by atoms with Crippen LogP contribution in [0.5, 0.6) is 0 Å². The SMILES string of the molecule is Cc1cnn(-c2ccccc2)c1C1CCNCC1. The third kappa shape index (κ3) is 2.06. The van der Waals surface area contributed by atoms with Gasteiger partial charge in [-0.2, -0.15) is 5.10 Å². The minimum absolute atomic E-state index is 0.633. The molecule has 0 radical (unpaired) electrons. The first-order chi connectivity index (χ1) is 8.86. The maximum Gasteiger partial charge on any atom is 0.0649 e. The second-order valence-corrected chi connectivity index (χ2v) is 4.98. The molecule has 2 heterocycles. The third-order valence-electron chi connectivity index (χ3n) is 3.73. The molecule has 18 heavy (non-hydrogen) atoms. The van der Waals surface area contributed by atoms with Gasteiger partial charge in [-0.15, -0.1) is 0 Å². The number of nitrogens with zero attached hydrogens (tertiary/aromatic N) is 2. The Bertz CT molecular complexity index is 510. The number of aromatic nitrogens is 2. The molecule has 2 aromatic rings. The average Bonchev–Trinajstić information content (AvgIpc) is 2.83. The van der Waals surface area contributed by atoms with Gasteiger partial charge in [-0.25, -0.2) is 4.68 Å². The number of hydrogen-bond donors (Lipinski definition) is 1. The van der Waals surface area contributed by atoms with Gasteiger partial charge in [0, 0.05) is 5.92 Å². The molecule has 0 spiro atoms. The van der Waals surface area contributed by atoms with Crippen LogP contribution in [0.3, 0.4) is 0 Å². The van der Waals surface area contributed by atoms with Crippen molar-refractivity contribution in [2.45, 2.75) is 25.7 Å². The molecule has 0 aliphatic carbocycles. The minimum Gasteiger partial charge on any atom is -0.317 e. The Balaban J connectivity index is 2.01. The summed E-state index contributed by atoms with van der Waals surface area (Å²) in [5.74, 6) is 0.633. The number of aryl methyl sites for hydroxylation is 1. The Kier molecular flexibility index (Phi) is 3.15. The van der Waals surface area contributed by atoms with Crippen LogP contribution in [0.1, 0.15) is 30.0 Å². The van der Waals surface area contributed by atoms with Crippen molar-refractivity contribution in [1.29, 1.82) is 0 Å². The van der Waals surface area contributed by atoms with Crippen LogP contribution in [-0.2, 0) is 0 Å². The molecule has 1 fully saturated rings. The number of rotatable bonds is 2. The highest BCUT2D eigenvalue weighted by molar-refractivity contribution is 5.36. The van der Waals surface area contributed by atoms with Gasteiger partial charge in [0.25, 0.3) is 0 Å². The Morgan fingerprint density at radius 3 is 2.61 bits per heavy atom. The molecule has 94 valence electrons. The monoisotopic (exact) mass is 241 g/mol. The van der Waals surface area contributed by atoms with Crippen LogP contribution in [-0.4, -0.2) is 22.9 Å². The molecule has 1 aliphatic heterocycles. The molecule has 1 aromatic heterocycles. The van der Waals surface area contributed by atoms with Gasteiger partial charge >= 0.3 is 0 Å². The topological polar surface area (TPSA) is 29.9 Å². The fourth-order valence-corrected chi connectivity index (χ4v) is 2.80. The van der Waals surface area contributed by atoms with Gasteiger partial charge < -0.3 is 5.32 Å². The summed E-state index contributed by atoms with van der Waals surface area (Å²) in [5, 5.41) is 7.98. The van der Waals surface area contributed by atoms with Crippen molar-refractivity contribution >= 4 is 0 Å². The van der Waals surface area contributed by atoms with E-state index in [1.165, 1.54) is 29.8 Å². The summed E-state index contributed by atoms with van der Waals surface area (Å²) in [7, 11) is 0. The van der Waals surface area contributed by atoms with Crippen LogP contribution < -0.4 is 5.32 Å². The fourth-order valence-electron chi connectivity index (χ4n) is 2.80. The number of piperidine rings is 1. The maximum atomic E-state index is 4.56. The van der Waals surface area contributed by atoms with E-state index in [1.54, 1.807) is 0 Å². The average molecular weight is 241 g/mol. The molecule has 0 atom stereocenters. The van der Waals surface area contributed by atoms with Crippen LogP contribution in [0, 0.1) is 6.92 Å². The van der Waals surface area contributed by atoms with Crippen LogP contribution >= 0.6 is 0 Å². The van der Waals surface area contributed by atoms with E-state index in [0.717, 1.165) is 13.1 Å². The molecule has 0 amide bonds. The molecule has 3 rings (SSSR count). The van der Waals surface area contributed by atoms with Crippen molar-refractivity contribution in [1.82, 2.24) is 15.1 Å². The lowest BCUT2D eigenvalue weighted by molar-refractivity contribution is 0.444. The van der Waals surface area contributed by atoms with Gasteiger partial charge in [0.1, 0.15) is 0 Å². The van der Waals surface area contributed by atoms with E-state index >= 15 is 0 Å². The number of nitrogens with one attached hydrogen (secondary N) is 1. The summed E-state index contributed by atoms with van der Waals surface area (Å²) in [6.45, 7) is 4.40. The standard InChI is InChI=1S/C15H19N3/c1-12-11-17-18(14-5-3-2-4-6-14)15(12)13-7-9-16-10-8-13/h2-6,11,13,16H,7-10H2,1H3. The van der Waals surface area contributed by atoms with E-state index < -0.39 is 0 Å². The van der Waals surface area contributed by atoms with Crippen molar-refractivity contribution in [2.75, 3.05) is 13.1 Å². The van der Waals surface area contributed by atoms with Gasteiger partial charge in [0.15, 0.2) is 0 Å². The van der Waals surface area contributed by atoms with E-state index in [4.69, 9.17) is 0 Å². The molecule has 0 saturated carbocycles. The molecule has 1 N–H and O–H groups in total. The zero-order chi connectivity index (χ0) is 12.4. The predicted molar refractivity (Wildman–Crippen MR) is 73.1 cm³/mol. The summed E-state index contributed by atoms with van der Waals surface area (Å²) >= 11 is 0. The lowest BCUT2D eigenvalue weighted by Gasteiger charge is -2.24. The van der Waals surface area contributed by atoms with E-state index in [2.05, 4.69) is 46.3 Å². The lowest BCUT2D eigenvalue weighted by atomic mass is 9.92. The molecule has 1 aromatic carbocycles. The largest absolute Gasteiger partial charge is 0.317 e. The molecule has 1 saturated heterocycles. The van der Waals surface area contributed by atoms with Crippen molar-refractivity contribution in [3.8, 4) is 5.69 Å². The Labute approximate surface area is 108 Å². The van der Waals surface area contributed by atoms with Crippen molar-refractivity contribution < 1.29 is 0 Å². The van der Waals surface area contributed by atoms with Gasteiger partial charge in [-0.05, 0) is 50.6 Å². The molecule has 3 nitrogen and oxygen atoms in total. The zero-order valence-electron chi connectivity index (χ0n) is 10.8. The highest BCUT2D eigenvalue weighted by atomic mass is 15.3. The molecule has 1 aliphatic rings. The molecule has 0 bridgehead atoms. The van der Waals surface area contributed by atoms with E-state index in [1.807, 2.05) is 12.3 Å². The summed E-state index contributed by atoms with van der Waals surface area (Å²) in [6, 6.07) is 10.4. The van der Waals surface area contributed by atoms with E-state index in [9.17, 15) is 0 Å². The summed E-state index contributed by atoms with van der Waals surface area (Å²) in [5.41, 5.74) is 3.87. The second-order valence-electron chi connectivity index (χ2n) is 4.98. The van der Waals surface area contributed by atoms with E-state index in [-0.39, 0.29) is 0 Å². The first kappa shape index (κ1) is 11.5. The summed E-state index contributed by atoms with van der Waals surface area (Å²) in [4.78, 5) is 0. The quantitative estimate of drug-likeness (QED) is 0.876. The summed E-state index contributed by atoms with van der Waals surface area (Å²) in [6.07, 6.45) is 4.41. The van der Waals surface area contributed by atoms with Crippen molar-refractivity contribution in [2.24, 2.45) is 0 Å². The second kappa shape index (κ2) is 4.94. The van der Waals surface area contributed by atoms with Crippen LogP contribution in [0.2, 0.25) is 0 Å². The first-order valence-electron chi connectivity index (χ1n) is 6.67. The first-order valence-corrected chi connectivity index (χ1v) is 6.67. The normalized spacial score (nSPS) is 16.9. The fraction of sp³-hybridized carbons (Fsp3) is 0.400. The zero-order valence-corrected chi connectivity index (χ0v) is 10.8. The predicted octanol–water partition coefficient (Wildman–Crippen LogP) is 2.65. The highest BCUT2D eigenvalue weighted by Gasteiger charge is 2.21. The maximum absolute atomic E-state index is 4.56. The number of benzene rings is 1. The van der Waals surface area contributed by atoms with Gasteiger partial charge in [-0.3, -0.25) is 0 Å². The lowest BCUT2D eigenvalue weighted by Crippen LogP contribution is -2.28. The molecular weight excluding hydrogens is 222 g/mol. The molecule has 3 heteroatoms. The van der Waals surface area contributed by atoms with Gasteiger partial charge in [-0.1, -0.05) is 18.2 Å². The number of para-hydroxylation sites is 1. The van der Waals surface area contributed by atoms with Gasteiger partial charge in [0.05, 0.1) is 17.6 Å². The smallest absolute Gasteiger partial charge is 0.0649 e. The van der Waals surface area contributed by atoms with Gasteiger partial charge in [0.2, 0.25) is 0 Å². The van der Waals surface area contributed by atoms with E-state index in [0.29, 0.717) is 5.92 Å². The molecule has 0 unspecified atom stereocenters. The number of hydrogen-bond acceptors (Lipinski definition) is 2. The third-order valence-corrected chi connectivity index (χ3v) is 3.73. The Hall–Kier alpha value is -1.61. The van der Waals surface area contributed by atoms with Crippen LogP contribution in [0.15, 0.2) is 36.5 Å². The van der Waals surface area contributed by atoms with Crippen LogP contribution in [0.25, 0.3) is 5.69 Å². The highest BCUT2D eigenvalue weighted by Crippen LogP contribution is 2.29. The molecular formula is C15H19N3. The Morgan fingerprint density at radius 2 is 1.89 bits per heavy atom. The van der Waals surface area contributed by atoms with Crippen molar-refractivity contribution in [3.63, 3.8) is 0 Å².